The van der Waals surface area contributed by atoms with E-state index in [1.54, 1.807) is 24.3 Å². The number of hydrogen-bond donors (Lipinski definition) is 3. The van der Waals surface area contributed by atoms with Gasteiger partial charge in [0.2, 0.25) is 0 Å². The normalized spacial score (nSPS) is 20.1. The number of rotatable bonds is 5. The lowest BCUT2D eigenvalue weighted by Crippen LogP contribution is -2.49. The lowest BCUT2D eigenvalue weighted by atomic mass is 9.89. The number of piperazine rings is 1. The number of aromatic nitrogens is 3. The predicted octanol–water partition coefficient (Wildman–Crippen LogP) is 6.50. The molecule has 42 heavy (non-hydrogen) atoms. The summed E-state index contributed by atoms with van der Waals surface area (Å²) in [4.78, 5) is 26.4. The molecule has 1 saturated heterocycles. The summed E-state index contributed by atoms with van der Waals surface area (Å²) >= 11 is 12.0. The SMILES string of the molecule is CN1CCN([C@H]2CC[C@@H](n3cc(-c4ccc(NC(=O)Nc5cc(Cl)cc(Cl)c5)c(F)c4)c4c(N)ncnc43)CC2)CC1. The van der Waals surface area contributed by atoms with Gasteiger partial charge in [-0.05, 0) is 68.6 Å². The Bertz CT molecular complexity index is 1590. The van der Waals surface area contributed by atoms with Crippen molar-refractivity contribution >= 4 is 57.5 Å². The Balaban J connectivity index is 1.21. The van der Waals surface area contributed by atoms with Crippen molar-refractivity contribution in [1.82, 2.24) is 24.3 Å². The summed E-state index contributed by atoms with van der Waals surface area (Å²) in [5.74, 6) is -0.238. The first-order valence-electron chi connectivity index (χ1n) is 14.1. The summed E-state index contributed by atoms with van der Waals surface area (Å²) in [7, 11) is 2.18. The zero-order valence-corrected chi connectivity index (χ0v) is 24.8. The van der Waals surface area contributed by atoms with Gasteiger partial charge in [0.1, 0.15) is 23.6 Å². The van der Waals surface area contributed by atoms with Crippen molar-refractivity contribution in [2.24, 2.45) is 0 Å². The maximum Gasteiger partial charge on any atom is 0.323 e. The molecule has 1 aliphatic heterocycles. The van der Waals surface area contributed by atoms with Gasteiger partial charge in [-0.2, -0.15) is 0 Å². The lowest BCUT2D eigenvalue weighted by Gasteiger charge is -2.41. The molecule has 0 spiro atoms. The van der Waals surface area contributed by atoms with Gasteiger partial charge in [0.15, 0.2) is 0 Å². The topological polar surface area (TPSA) is 104 Å². The minimum Gasteiger partial charge on any atom is -0.383 e. The van der Waals surface area contributed by atoms with E-state index in [1.807, 2.05) is 6.20 Å². The molecule has 220 valence electrons. The molecule has 1 aliphatic carbocycles. The molecule has 4 aromatic rings. The summed E-state index contributed by atoms with van der Waals surface area (Å²) in [5.41, 5.74) is 8.89. The highest BCUT2D eigenvalue weighted by Gasteiger charge is 2.30. The number of carbonyl (C=O) groups is 1. The van der Waals surface area contributed by atoms with Gasteiger partial charge in [-0.1, -0.05) is 29.3 Å². The highest BCUT2D eigenvalue weighted by molar-refractivity contribution is 6.35. The quantitative estimate of drug-likeness (QED) is 0.238. The van der Waals surface area contributed by atoms with E-state index < -0.39 is 11.8 Å². The third-order valence-electron chi connectivity index (χ3n) is 8.40. The van der Waals surface area contributed by atoms with Crippen LogP contribution in [0.15, 0.2) is 48.9 Å². The number of fused-ring (bicyclic) bond motifs is 1. The summed E-state index contributed by atoms with van der Waals surface area (Å²) in [6.45, 7) is 4.49. The average Bonchev–Trinajstić information content (AvgIpc) is 3.35. The number of urea groups is 1. The van der Waals surface area contributed by atoms with Crippen LogP contribution in [0.1, 0.15) is 31.7 Å². The molecule has 2 fully saturated rings. The van der Waals surface area contributed by atoms with Crippen LogP contribution >= 0.6 is 23.2 Å². The van der Waals surface area contributed by atoms with Gasteiger partial charge in [0, 0.05) is 65.8 Å². The van der Waals surface area contributed by atoms with Crippen LogP contribution in [0.25, 0.3) is 22.2 Å². The number of nitrogen functional groups attached to an aromatic ring is 1. The second-order valence-corrected chi connectivity index (χ2v) is 12.0. The Morgan fingerprint density at radius 1 is 0.952 bits per heavy atom. The van der Waals surface area contributed by atoms with Crippen LogP contribution in [0.5, 0.6) is 0 Å². The van der Waals surface area contributed by atoms with E-state index in [1.165, 1.54) is 18.5 Å². The third-order valence-corrected chi connectivity index (χ3v) is 8.84. The molecule has 12 heteroatoms. The average molecular weight is 612 g/mol. The predicted molar refractivity (Wildman–Crippen MR) is 167 cm³/mol. The Kier molecular flexibility index (Phi) is 8.22. The van der Waals surface area contributed by atoms with Crippen molar-refractivity contribution in [3.8, 4) is 11.1 Å². The lowest BCUT2D eigenvalue weighted by molar-refractivity contribution is 0.0828. The van der Waals surface area contributed by atoms with Crippen LogP contribution in [0.4, 0.5) is 26.4 Å². The van der Waals surface area contributed by atoms with Crippen LogP contribution in [-0.4, -0.2) is 69.6 Å². The molecular formula is C30H33Cl2FN8O. The standard InChI is InChI=1S/C30H33Cl2FN8O/c1-39-8-10-40(11-9-39)22-3-5-23(6-4-22)41-16-24(27-28(34)35-17-36-29(27)41)18-2-7-26(25(33)12-18)38-30(42)37-21-14-19(31)13-20(32)15-21/h2,7,12-17,22-23H,3-6,8-11H2,1H3,(H2,34,35,36)(H2,37,38,42)/t22-,23+. The number of nitrogens with two attached hydrogens (primary N) is 1. The van der Waals surface area contributed by atoms with Gasteiger partial charge in [-0.25, -0.2) is 19.2 Å². The van der Waals surface area contributed by atoms with E-state index >= 15 is 4.39 Å². The van der Waals surface area contributed by atoms with Crippen molar-refractivity contribution in [1.29, 1.82) is 0 Å². The molecule has 2 aromatic carbocycles. The fraction of sp³-hybridized carbons (Fsp3) is 0.367. The van der Waals surface area contributed by atoms with E-state index in [4.69, 9.17) is 28.9 Å². The highest BCUT2D eigenvalue weighted by atomic mass is 35.5. The van der Waals surface area contributed by atoms with Gasteiger partial charge in [-0.3, -0.25) is 4.90 Å². The second-order valence-electron chi connectivity index (χ2n) is 11.1. The Morgan fingerprint density at radius 3 is 2.33 bits per heavy atom. The van der Waals surface area contributed by atoms with Crippen LogP contribution in [-0.2, 0) is 0 Å². The van der Waals surface area contributed by atoms with Crippen molar-refractivity contribution in [3.05, 3.63) is 64.8 Å². The van der Waals surface area contributed by atoms with Crippen LogP contribution in [0, 0.1) is 5.82 Å². The fourth-order valence-corrected chi connectivity index (χ4v) is 6.71. The first kappa shape index (κ1) is 28.7. The number of carbonyl (C=O) groups excluding carboxylic acids is 1. The first-order valence-corrected chi connectivity index (χ1v) is 14.9. The van der Waals surface area contributed by atoms with Crippen molar-refractivity contribution in [2.75, 3.05) is 49.6 Å². The summed E-state index contributed by atoms with van der Waals surface area (Å²) in [6, 6.07) is 9.58. The largest absolute Gasteiger partial charge is 0.383 e. The number of amides is 2. The summed E-state index contributed by atoms with van der Waals surface area (Å²) < 4.78 is 17.5. The molecule has 1 saturated carbocycles. The molecule has 0 unspecified atom stereocenters. The van der Waals surface area contributed by atoms with E-state index in [-0.39, 0.29) is 11.7 Å². The van der Waals surface area contributed by atoms with Gasteiger partial charge >= 0.3 is 6.03 Å². The Labute approximate surface area is 253 Å². The molecule has 0 bridgehead atoms. The molecule has 4 N–H and O–H groups in total. The number of benzene rings is 2. The smallest absolute Gasteiger partial charge is 0.323 e. The third kappa shape index (κ3) is 6.03. The Morgan fingerprint density at radius 2 is 1.64 bits per heavy atom. The van der Waals surface area contributed by atoms with Crippen molar-refractivity contribution in [3.63, 3.8) is 0 Å². The molecule has 0 atom stereocenters. The van der Waals surface area contributed by atoms with E-state index in [9.17, 15) is 4.79 Å². The van der Waals surface area contributed by atoms with E-state index in [0.717, 1.165) is 63.1 Å². The number of nitrogens with zero attached hydrogens (tertiary/aromatic N) is 5. The fourth-order valence-electron chi connectivity index (χ4n) is 6.19. The molecule has 6 rings (SSSR count). The van der Waals surface area contributed by atoms with E-state index in [2.05, 4.69) is 42.0 Å². The minimum absolute atomic E-state index is 0.0274. The molecular weight excluding hydrogens is 578 g/mol. The number of nitrogens with one attached hydrogen (secondary N) is 2. The van der Waals surface area contributed by atoms with E-state index in [0.29, 0.717) is 38.5 Å². The molecule has 2 amide bonds. The number of anilines is 3. The molecule has 2 aromatic heterocycles. The second kappa shape index (κ2) is 12.0. The Hall–Kier alpha value is -3.44. The molecule has 0 radical (unpaired) electrons. The van der Waals surface area contributed by atoms with Crippen LogP contribution in [0.3, 0.4) is 0 Å². The van der Waals surface area contributed by atoms with Gasteiger partial charge < -0.3 is 25.8 Å². The maximum absolute atomic E-state index is 15.3. The van der Waals surface area contributed by atoms with Gasteiger partial charge in [-0.15, -0.1) is 0 Å². The first-order chi connectivity index (χ1) is 20.2. The van der Waals surface area contributed by atoms with Crippen molar-refractivity contribution < 1.29 is 9.18 Å². The molecule has 3 heterocycles. The molecule has 2 aliphatic rings. The number of halogens is 3. The number of likely N-dealkylation sites (N-methyl/N-ethyl adjacent to an activating group) is 1. The van der Waals surface area contributed by atoms with Crippen LogP contribution < -0.4 is 16.4 Å². The summed E-state index contributed by atoms with van der Waals surface area (Å²) in [6.07, 6.45) is 7.83. The van der Waals surface area contributed by atoms with Crippen LogP contribution in [0.2, 0.25) is 10.0 Å². The summed E-state index contributed by atoms with van der Waals surface area (Å²) in [5, 5.41) is 6.61. The zero-order valence-electron chi connectivity index (χ0n) is 23.3. The minimum atomic E-state index is -0.624. The zero-order chi connectivity index (χ0) is 29.4. The molecule has 9 nitrogen and oxygen atoms in total. The highest BCUT2D eigenvalue weighted by Crippen LogP contribution is 2.39. The monoisotopic (exact) mass is 610 g/mol. The maximum atomic E-state index is 15.3. The van der Waals surface area contributed by atoms with Crippen molar-refractivity contribution in [2.45, 2.75) is 37.8 Å². The number of hydrogen-bond acceptors (Lipinski definition) is 6. The van der Waals surface area contributed by atoms with Gasteiger partial charge in [0.25, 0.3) is 0 Å². The van der Waals surface area contributed by atoms with Gasteiger partial charge in [0.05, 0.1) is 11.1 Å².